The first-order valence-corrected chi connectivity index (χ1v) is 8.54. The first kappa shape index (κ1) is 22.0. The average Bonchev–Trinajstić information content (AvgIpc) is 2.34. The van der Waals surface area contributed by atoms with E-state index in [1.165, 1.54) is 70.9 Å². The summed E-state index contributed by atoms with van der Waals surface area (Å²) in [7, 11) is 4.66. The molecule has 0 aliphatic rings. The van der Waals surface area contributed by atoms with E-state index >= 15 is 0 Å². The molecule has 0 aliphatic carbocycles. The first-order valence-electron chi connectivity index (χ1n) is 8.00. The van der Waals surface area contributed by atoms with Gasteiger partial charge < -0.3 is 21.5 Å². The molecule has 0 atom stereocenters. The van der Waals surface area contributed by atoms with Crippen molar-refractivity contribution in [3.05, 3.63) is 0 Å². The van der Waals surface area contributed by atoms with Gasteiger partial charge in [-0.05, 0) is 12.8 Å². The predicted octanol–water partition coefficient (Wildman–Crippen LogP) is 2.23. The molecule has 0 amide bonds. The van der Waals surface area contributed by atoms with Gasteiger partial charge in [0.1, 0.15) is 0 Å². The quantitative estimate of drug-likeness (QED) is 0.270. The summed E-state index contributed by atoms with van der Waals surface area (Å²) in [4.78, 5) is 0. The highest BCUT2D eigenvalue weighted by Gasteiger charge is 2.12. The second-order valence-electron chi connectivity index (χ2n) is 6.25. The average molecular weight is 357 g/mol. The van der Waals surface area contributed by atoms with E-state index in [2.05, 4.69) is 21.0 Å². The number of hydrogen-bond donors (Lipinski definition) is 0. The summed E-state index contributed by atoms with van der Waals surface area (Å²) in [5.74, 6) is 0.805. The van der Waals surface area contributed by atoms with Crippen molar-refractivity contribution in [1.29, 1.82) is 0 Å². The van der Waals surface area contributed by atoms with E-state index in [0.29, 0.717) is 0 Å². The van der Waals surface area contributed by atoms with Gasteiger partial charge in [0.25, 0.3) is 0 Å². The Bertz CT molecular complexity index is 174. The Morgan fingerprint density at radius 3 is 1.58 bits per heavy atom. The summed E-state index contributed by atoms with van der Waals surface area (Å²) in [5, 5.41) is 0. The maximum atomic E-state index is 5.75. The third-order valence-electron chi connectivity index (χ3n) is 3.76. The van der Waals surface area contributed by atoms with Crippen LogP contribution >= 0.6 is 11.6 Å². The van der Waals surface area contributed by atoms with E-state index in [1.807, 2.05) is 0 Å². The molecular weight excluding hydrogens is 322 g/mol. The summed E-state index contributed by atoms with van der Waals surface area (Å²) in [6.45, 7) is 4.82. The molecule has 19 heavy (non-hydrogen) atoms. The topological polar surface area (TPSA) is 0 Å². The van der Waals surface area contributed by atoms with Gasteiger partial charge in [0, 0.05) is 12.3 Å². The van der Waals surface area contributed by atoms with E-state index in [9.17, 15) is 0 Å². The fraction of sp³-hybridized carbons (Fsp3) is 1.00. The van der Waals surface area contributed by atoms with Crippen LogP contribution in [0.15, 0.2) is 0 Å². The zero-order valence-corrected chi connectivity index (χ0v) is 15.7. The lowest BCUT2D eigenvalue weighted by atomic mass is 10.1. The Kier molecular flexibility index (Phi) is 17.5. The van der Waals surface area contributed by atoms with E-state index in [4.69, 9.17) is 11.6 Å². The van der Waals surface area contributed by atoms with Crippen LogP contribution in [0.3, 0.4) is 0 Å². The molecule has 0 unspecified atom stereocenters. The van der Waals surface area contributed by atoms with Gasteiger partial charge in [-0.25, -0.2) is 0 Å². The zero-order chi connectivity index (χ0) is 13.7. The van der Waals surface area contributed by atoms with Crippen LogP contribution in [0, 0.1) is 0 Å². The Balaban J connectivity index is 0. The minimum Gasteiger partial charge on any atom is -1.00 e. The van der Waals surface area contributed by atoms with Gasteiger partial charge >= 0.3 is 0 Å². The highest BCUT2D eigenvalue weighted by atomic mass is 79.9. The van der Waals surface area contributed by atoms with E-state index < -0.39 is 0 Å². The molecule has 0 aliphatic heterocycles. The van der Waals surface area contributed by atoms with Crippen molar-refractivity contribution in [1.82, 2.24) is 0 Å². The number of alkyl halides is 1. The monoisotopic (exact) mass is 355 g/mol. The van der Waals surface area contributed by atoms with Crippen LogP contribution in [0.25, 0.3) is 0 Å². The van der Waals surface area contributed by atoms with Crippen molar-refractivity contribution in [3.8, 4) is 0 Å². The Morgan fingerprint density at radius 1 is 0.684 bits per heavy atom. The molecule has 0 radical (unpaired) electrons. The number of unbranched alkanes of at least 4 members (excludes halogenated alkanes) is 8. The maximum Gasteiger partial charge on any atom is 0.0794 e. The van der Waals surface area contributed by atoms with E-state index in [-0.39, 0.29) is 17.0 Å². The van der Waals surface area contributed by atoms with Gasteiger partial charge in [0.15, 0.2) is 0 Å². The number of halogens is 2. The molecule has 1 nitrogen and oxygen atoms in total. The lowest BCUT2D eigenvalue weighted by molar-refractivity contribution is -0.890. The summed E-state index contributed by atoms with van der Waals surface area (Å²) in [6, 6.07) is 0. The SMILES string of the molecule is CCCCCCCCCCC[N+](C)(C)CCCCl.[Br-]. The fourth-order valence-corrected chi connectivity index (χ4v) is 2.57. The summed E-state index contributed by atoms with van der Waals surface area (Å²) < 4.78 is 1.14. The lowest BCUT2D eigenvalue weighted by Crippen LogP contribution is -3.00. The van der Waals surface area contributed by atoms with E-state index in [1.54, 1.807) is 0 Å². The molecule has 0 saturated heterocycles. The van der Waals surface area contributed by atoms with Crippen molar-refractivity contribution < 1.29 is 21.5 Å². The van der Waals surface area contributed by atoms with Gasteiger partial charge in [0.05, 0.1) is 27.2 Å². The molecule has 0 bridgehead atoms. The molecular formula is C16H35BrClN. The van der Waals surface area contributed by atoms with Crippen LogP contribution in [0.4, 0.5) is 0 Å². The largest absolute Gasteiger partial charge is 1.00 e. The van der Waals surface area contributed by atoms with E-state index in [0.717, 1.165) is 16.8 Å². The lowest BCUT2D eigenvalue weighted by Gasteiger charge is -2.29. The van der Waals surface area contributed by atoms with Gasteiger partial charge in [-0.15, -0.1) is 11.6 Å². The van der Waals surface area contributed by atoms with Crippen LogP contribution in [0.5, 0.6) is 0 Å². The van der Waals surface area contributed by atoms with Crippen LogP contribution in [0.1, 0.15) is 71.1 Å². The van der Waals surface area contributed by atoms with Crippen LogP contribution in [-0.2, 0) is 0 Å². The molecule has 0 N–H and O–H groups in total. The minimum absolute atomic E-state index is 0. The standard InChI is InChI=1S/C16H35ClN.BrH/c1-4-5-6-7-8-9-10-11-12-15-18(2,3)16-13-14-17;/h4-16H2,1-3H3;1H/q+1;/p-1. The molecule has 0 aromatic heterocycles. The summed E-state index contributed by atoms with van der Waals surface area (Å²) in [5.41, 5.74) is 0. The van der Waals surface area contributed by atoms with Gasteiger partial charge in [-0.1, -0.05) is 51.9 Å². The number of nitrogens with zero attached hydrogens (tertiary/aromatic N) is 1. The molecule has 0 aromatic carbocycles. The number of quaternary nitrogens is 1. The summed E-state index contributed by atoms with van der Waals surface area (Å²) in [6.07, 6.45) is 13.9. The Morgan fingerprint density at radius 2 is 1.11 bits per heavy atom. The first-order chi connectivity index (χ1) is 8.62. The second-order valence-corrected chi connectivity index (χ2v) is 6.63. The normalized spacial score (nSPS) is 11.4. The van der Waals surface area contributed by atoms with Crippen LogP contribution < -0.4 is 17.0 Å². The fourth-order valence-electron chi connectivity index (χ4n) is 2.45. The zero-order valence-electron chi connectivity index (χ0n) is 13.4. The molecule has 0 fully saturated rings. The maximum absolute atomic E-state index is 5.75. The van der Waals surface area contributed by atoms with Crippen molar-refractivity contribution in [2.24, 2.45) is 0 Å². The predicted molar refractivity (Wildman–Crippen MR) is 84.4 cm³/mol. The molecule has 118 valence electrons. The highest BCUT2D eigenvalue weighted by Crippen LogP contribution is 2.11. The van der Waals surface area contributed by atoms with Gasteiger partial charge in [-0.3, -0.25) is 0 Å². The smallest absolute Gasteiger partial charge is 0.0794 e. The Labute approximate surface area is 137 Å². The van der Waals surface area contributed by atoms with Crippen molar-refractivity contribution in [3.63, 3.8) is 0 Å². The van der Waals surface area contributed by atoms with Gasteiger partial charge in [-0.2, -0.15) is 0 Å². The third kappa shape index (κ3) is 16.7. The summed E-state index contributed by atoms with van der Waals surface area (Å²) >= 11 is 5.75. The minimum atomic E-state index is 0. The molecule has 0 heterocycles. The van der Waals surface area contributed by atoms with Gasteiger partial charge in [0.2, 0.25) is 0 Å². The van der Waals surface area contributed by atoms with Crippen LogP contribution in [0.2, 0.25) is 0 Å². The molecule has 0 spiro atoms. The molecule has 0 saturated carbocycles. The molecule has 0 aromatic rings. The number of rotatable bonds is 13. The number of hydrogen-bond acceptors (Lipinski definition) is 0. The van der Waals surface area contributed by atoms with Crippen molar-refractivity contribution in [2.45, 2.75) is 71.1 Å². The second kappa shape index (κ2) is 15.1. The highest BCUT2D eigenvalue weighted by molar-refractivity contribution is 6.17. The molecule has 0 rings (SSSR count). The molecule has 3 heteroatoms. The van der Waals surface area contributed by atoms with Crippen LogP contribution in [-0.4, -0.2) is 37.5 Å². The van der Waals surface area contributed by atoms with Crippen molar-refractivity contribution >= 4 is 11.6 Å². The third-order valence-corrected chi connectivity index (χ3v) is 4.03. The Hall–Kier alpha value is 0.730. The van der Waals surface area contributed by atoms with Crippen molar-refractivity contribution in [2.75, 3.05) is 33.1 Å².